The van der Waals surface area contributed by atoms with Crippen molar-refractivity contribution in [3.63, 3.8) is 0 Å². The molecule has 3 heterocycles. The quantitative estimate of drug-likeness (QED) is 0.237. The summed E-state index contributed by atoms with van der Waals surface area (Å²) in [6.45, 7) is 0. The monoisotopic (exact) mass is 475 g/mol. The molecule has 0 spiro atoms. The molecule has 4 bridgehead atoms. The van der Waals surface area contributed by atoms with Crippen LogP contribution in [0.5, 0.6) is 0 Å². The highest BCUT2D eigenvalue weighted by Gasteiger charge is 2.19. The average molecular weight is 476 g/mol. The summed E-state index contributed by atoms with van der Waals surface area (Å²) in [7, 11) is 0. The van der Waals surface area contributed by atoms with Crippen LogP contribution in [0.4, 0.5) is 0 Å². The van der Waals surface area contributed by atoms with Crippen molar-refractivity contribution >= 4 is 86.2 Å². The average Bonchev–Trinajstić information content (AvgIpc) is 3.47. The standard InChI is InChI=1S/C32H17N3S/c1-2-6-20(7-3-1)35-25-12-10-18-16-21(25)29-26(35)13-15-28-30(29)22-17-19(11-14-27(22)36-28)32-31(18)33-23-8-4-5-9-24(23)34-32/h1-17H. The van der Waals surface area contributed by atoms with Gasteiger partial charge in [-0.05, 0) is 60.7 Å². The summed E-state index contributed by atoms with van der Waals surface area (Å²) in [4.78, 5) is 10.3. The minimum absolute atomic E-state index is 0.916. The topological polar surface area (TPSA) is 30.7 Å². The van der Waals surface area contributed by atoms with Gasteiger partial charge >= 0.3 is 0 Å². The highest BCUT2D eigenvalue weighted by Crippen LogP contribution is 2.45. The first-order valence-corrected chi connectivity index (χ1v) is 12.9. The Morgan fingerprint density at radius 2 is 1.17 bits per heavy atom. The molecule has 9 rings (SSSR count). The Bertz CT molecular complexity index is 2310. The van der Waals surface area contributed by atoms with Crippen LogP contribution in [-0.4, -0.2) is 14.5 Å². The molecular weight excluding hydrogens is 458 g/mol. The summed E-state index contributed by atoms with van der Waals surface area (Å²) in [5.74, 6) is 0. The molecule has 166 valence electrons. The van der Waals surface area contributed by atoms with Crippen molar-refractivity contribution in [2.45, 2.75) is 0 Å². The zero-order valence-electron chi connectivity index (χ0n) is 19.1. The van der Waals surface area contributed by atoms with Crippen LogP contribution in [0.15, 0.2) is 103 Å². The van der Waals surface area contributed by atoms with Crippen LogP contribution in [0.3, 0.4) is 0 Å². The normalized spacial score (nSPS) is 12.4. The fourth-order valence-corrected chi connectivity index (χ4v) is 7.02. The molecule has 0 N–H and O–H groups in total. The van der Waals surface area contributed by atoms with Crippen molar-refractivity contribution in [1.29, 1.82) is 0 Å². The number of hydrogen-bond acceptors (Lipinski definition) is 3. The van der Waals surface area contributed by atoms with Crippen molar-refractivity contribution in [3.05, 3.63) is 103 Å². The number of para-hydroxylation sites is 3. The molecule has 0 atom stereocenters. The molecule has 36 heavy (non-hydrogen) atoms. The van der Waals surface area contributed by atoms with Crippen molar-refractivity contribution in [3.8, 4) is 5.69 Å². The second kappa shape index (κ2) is 6.56. The third-order valence-electron chi connectivity index (χ3n) is 7.49. The summed E-state index contributed by atoms with van der Waals surface area (Å²) in [6.07, 6.45) is 0. The summed E-state index contributed by atoms with van der Waals surface area (Å²) in [5.41, 5.74) is 7.32. The first-order valence-electron chi connectivity index (χ1n) is 12.1. The van der Waals surface area contributed by atoms with E-state index >= 15 is 0 Å². The van der Waals surface area contributed by atoms with E-state index in [-0.39, 0.29) is 0 Å². The van der Waals surface area contributed by atoms with Crippen LogP contribution < -0.4 is 0 Å². The molecule has 0 saturated carbocycles. The SMILES string of the molecule is c1ccc(-n2c3ccc4cc3c3c5c(ccc32)sc2ccc(cc25)c2nc3ccccc3nc42)cc1. The lowest BCUT2D eigenvalue weighted by atomic mass is 10.0. The first kappa shape index (κ1) is 18.7. The molecule has 9 aromatic rings. The first-order chi connectivity index (χ1) is 17.8. The van der Waals surface area contributed by atoms with Crippen LogP contribution in [-0.2, 0) is 0 Å². The molecule has 0 saturated heterocycles. The number of rotatable bonds is 1. The van der Waals surface area contributed by atoms with Crippen molar-refractivity contribution < 1.29 is 0 Å². The molecule has 0 aliphatic rings. The third-order valence-corrected chi connectivity index (χ3v) is 8.63. The lowest BCUT2D eigenvalue weighted by molar-refractivity contribution is 1.18. The van der Waals surface area contributed by atoms with Gasteiger partial charge in [0.25, 0.3) is 0 Å². The minimum atomic E-state index is 0.916. The van der Waals surface area contributed by atoms with Gasteiger partial charge in [-0.25, -0.2) is 9.97 Å². The molecular formula is C32H17N3S. The Morgan fingerprint density at radius 1 is 0.528 bits per heavy atom. The Hall–Kier alpha value is -4.54. The van der Waals surface area contributed by atoms with E-state index in [4.69, 9.17) is 9.97 Å². The van der Waals surface area contributed by atoms with Gasteiger partial charge in [0.2, 0.25) is 0 Å². The minimum Gasteiger partial charge on any atom is -0.309 e. The molecule has 0 aliphatic heterocycles. The zero-order chi connectivity index (χ0) is 23.4. The van der Waals surface area contributed by atoms with Crippen molar-refractivity contribution in [2.75, 3.05) is 0 Å². The summed E-state index contributed by atoms with van der Waals surface area (Å²) < 4.78 is 5.01. The van der Waals surface area contributed by atoms with Crippen LogP contribution in [0.2, 0.25) is 0 Å². The fourth-order valence-electron chi connectivity index (χ4n) is 5.93. The van der Waals surface area contributed by atoms with Gasteiger partial charge in [-0.2, -0.15) is 0 Å². The van der Waals surface area contributed by atoms with E-state index in [2.05, 4.69) is 83.4 Å². The number of hydrogen-bond donors (Lipinski definition) is 0. The zero-order valence-corrected chi connectivity index (χ0v) is 19.9. The summed E-state index contributed by atoms with van der Waals surface area (Å²) in [6, 6.07) is 37.0. The van der Waals surface area contributed by atoms with Gasteiger partial charge in [0.1, 0.15) is 0 Å². The maximum Gasteiger partial charge on any atom is 0.0973 e. The number of nitrogens with zero attached hydrogens (tertiary/aromatic N) is 3. The second-order valence-corrected chi connectivity index (χ2v) is 10.5. The maximum atomic E-state index is 5.15. The van der Waals surface area contributed by atoms with Crippen molar-refractivity contribution in [2.24, 2.45) is 0 Å². The van der Waals surface area contributed by atoms with E-state index in [1.807, 2.05) is 35.6 Å². The lowest BCUT2D eigenvalue weighted by Crippen LogP contribution is -1.92. The molecule has 0 radical (unpaired) electrons. The van der Waals surface area contributed by atoms with E-state index < -0.39 is 0 Å². The summed E-state index contributed by atoms with van der Waals surface area (Å²) in [5, 5.41) is 7.40. The van der Waals surface area contributed by atoms with Gasteiger partial charge in [0, 0.05) is 47.4 Å². The number of aromatic nitrogens is 3. The maximum absolute atomic E-state index is 5.15. The molecule has 4 heteroatoms. The smallest absolute Gasteiger partial charge is 0.0973 e. The van der Waals surface area contributed by atoms with Crippen LogP contribution >= 0.6 is 11.3 Å². The number of thiophene rings is 1. The number of fused-ring (bicyclic) bond motifs is 6. The number of benzene rings is 5. The molecule has 0 unspecified atom stereocenters. The van der Waals surface area contributed by atoms with Crippen LogP contribution in [0, 0.1) is 0 Å². The van der Waals surface area contributed by atoms with Gasteiger partial charge in [-0.15, -0.1) is 11.3 Å². The van der Waals surface area contributed by atoms with E-state index in [0.717, 1.165) is 32.8 Å². The van der Waals surface area contributed by atoms with E-state index in [1.54, 1.807) is 0 Å². The Kier molecular flexibility index (Phi) is 3.42. The van der Waals surface area contributed by atoms with Crippen LogP contribution in [0.25, 0.3) is 80.5 Å². The summed E-state index contributed by atoms with van der Waals surface area (Å²) >= 11 is 1.86. The molecule has 0 aliphatic carbocycles. The molecule has 0 amide bonds. The fraction of sp³-hybridized carbons (Fsp3) is 0. The van der Waals surface area contributed by atoms with E-state index in [0.29, 0.717) is 0 Å². The second-order valence-electron chi connectivity index (χ2n) is 9.46. The Balaban J connectivity index is 1.63. The molecule has 3 aromatic heterocycles. The Morgan fingerprint density at radius 3 is 1.94 bits per heavy atom. The van der Waals surface area contributed by atoms with E-state index in [9.17, 15) is 0 Å². The predicted molar refractivity (Wildman–Crippen MR) is 153 cm³/mol. The van der Waals surface area contributed by atoms with Crippen LogP contribution in [0.1, 0.15) is 0 Å². The van der Waals surface area contributed by atoms with Crippen molar-refractivity contribution in [1.82, 2.24) is 14.5 Å². The Labute approximate surface area is 209 Å². The van der Waals surface area contributed by atoms with Gasteiger partial charge in [-0.1, -0.05) is 42.5 Å². The largest absolute Gasteiger partial charge is 0.309 e. The third kappa shape index (κ3) is 2.32. The van der Waals surface area contributed by atoms with Gasteiger partial charge in [0.15, 0.2) is 0 Å². The van der Waals surface area contributed by atoms with Gasteiger partial charge < -0.3 is 4.57 Å². The van der Waals surface area contributed by atoms with Gasteiger partial charge in [0.05, 0.1) is 33.1 Å². The molecule has 0 fully saturated rings. The molecule has 3 nitrogen and oxygen atoms in total. The molecule has 6 aromatic carbocycles. The predicted octanol–water partition coefficient (Wildman–Crippen LogP) is 8.84. The lowest BCUT2D eigenvalue weighted by Gasteiger charge is -2.07. The highest BCUT2D eigenvalue weighted by atomic mass is 32.1. The van der Waals surface area contributed by atoms with Gasteiger partial charge in [-0.3, -0.25) is 0 Å². The highest BCUT2D eigenvalue weighted by molar-refractivity contribution is 7.26. The van der Waals surface area contributed by atoms with E-state index in [1.165, 1.54) is 47.7 Å².